The van der Waals surface area contributed by atoms with E-state index in [1.807, 2.05) is 6.07 Å². The fourth-order valence-electron chi connectivity index (χ4n) is 2.39. The van der Waals surface area contributed by atoms with Crippen molar-refractivity contribution in [2.24, 2.45) is 0 Å². The van der Waals surface area contributed by atoms with Crippen LogP contribution in [0.15, 0.2) is 18.2 Å². The standard InChI is InChI=1S/C16H27N3O/c1-14(2)17-12-15-6-5-7-16(18-15)13-20-11-10-19-8-3-4-9-19/h5-7,14,17H,3-4,8-13H2,1-2H3. The van der Waals surface area contributed by atoms with Crippen molar-refractivity contribution in [2.45, 2.75) is 45.9 Å². The number of pyridine rings is 1. The molecule has 0 radical (unpaired) electrons. The number of hydrogen-bond acceptors (Lipinski definition) is 4. The average Bonchev–Trinajstić information content (AvgIpc) is 2.95. The zero-order valence-electron chi connectivity index (χ0n) is 12.8. The van der Waals surface area contributed by atoms with Crippen molar-refractivity contribution in [3.63, 3.8) is 0 Å². The van der Waals surface area contributed by atoms with Gasteiger partial charge in [-0.1, -0.05) is 19.9 Å². The SMILES string of the molecule is CC(C)NCc1cccc(COCCN2CCCC2)n1. The third-order valence-corrected chi connectivity index (χ3v) is 3.56. The van der Waals surface area contributed by atoms with Crippen LogP contribution in [-0.4, -0.2) is 42.2 Å². The monoisotopic (exact) mass is 277 g/mol. The lowest BCUT2D eigenvalue weighted by Gasteiger charge is -2.14. The average molecular weight is 277 g/mol. The molecule has 0 unspecified atom stereocenters. The summed E-state index contributed by atoms with van der Waals surface area (Å²) in [6.07, 6.45) is 2.68. The van der Waals surface area contributed by atoms with E-state index < -0.39 is 0 Å². The maximum absolute atomic E-state index is 5.74. The molecule has 1 aromatic rings. The van der Waals surface area contributed by atoms with Crippen molar-refractivity contribution < 1.29 is 4.74 Å². The van der Waals surface area contributed by atoms with Crippen LogP contribution in [0.1, 0.15) is 38.1 Å². The molecule has 1 fully saturated rings. The Morgan fingerprint density at radius 3 is 2.75 bits per heavy atom. The van der Waals surface area contributed by atoms with Gasteiger partial charge in [-0.15, -0.1) is 0 Å². The second kappa shape index (κ2) is 8.35. The van der Waals surface area contributed by atoms with E-state index in [2.05, 4.69) is 41.2 Å². The third-order valence-electron chi connectivity index (χ3n) is 3.56. The maximum atomic E-state index is 5.74. The number of aromatic nitrogens is 1. The fraction of sp³-hybridized carbons (Fsp3) is 0.688. The molecule has 0 aromatic carbocycles. The molecule has 0 saturated carbocycles. The van der Waals surface area contributed by atoms with Gasteiger partial charge in [-0.05, 0) is 38.1 Å². The molecule has 1 N–H and O–H groups in total. The minimum absolute atomic E-state index is 0.483. The van der Waals surface area contributed by atoms with Crippen LogP contribution in [0.4, 0.5) is 0 Å². The number of likely N-dealkylation sites (tertiary alicyclic amines) is 1. The van der Waals surface area contributed by atoms with Crippen molar-refractivity contribution in [1.29, 1.82) is 0 Å². The van der Waals surface area contributed by atoms with E-state index >= 15 is 0 Å². The van der Waals surface area contributed by atoms with Gasteiger partial charge in [0.1, 0.15) is 0 Å². The number of rotatable bonds is 8. The topological polar surface area (TPSA) is 37.4 Å². The summed E-state index contributed by atoms with van der Waals surface area (Å²) in [5.41, 5.74) is 2.11. The first kappa shape index (κ1) is 15.4. The molecule has 1 saturated heterocycles. The zero-order valence-corrected chi connectivity index (χ0v) is 12.8. The molecule has 2 rings (SSSR count). The first-order valence-corrected chi connectivity index (χ1v) is 7.72. The molecule has 0 atom stereocenters. The highest BCUT2D eigenvalue weighted by molar-refractivity contribution is 5.10. The maximum Gasteiger partial charge on any atom is 0.0888 e. The Morgan fingerprint density at radius 1 is 1.25 bits per heavy atom. The lowest BCUT2D eigenvalue weighted by atomic mass is 10.3. The lowest BCUT2D eigenvalue weighted by Crippen LogP contribution is -2.24. The Balaban J connectivity index is 1.67. The zero-order chi connectivity index (χ0) is 14.2. The Bertz CT molecular complexity index is 389. The van der Waals surface area contributed by atoms with E-state index in [0.717, 1.165) is 31.1 Å². The quantitative estimate of drug-likeness (QED) is 0.739. The molecule has 1 aliphatic heterocycles. The van der Waals surface area contributed by atoms with E-state index in [-0.39, 0.29) is 0 Å². The van der Waals surface area contributed by atoms with Crippen molar-refractivity contribution >= 4 is 0 Å². The minimum atomic E-state index is 0.483. The molecule has 1 aromatic heterocycles. The summed E-state index contributed by atoms with van der Waals surface area (Å²) in [6, 6.07) is 6.64. The summed E-state index contributed by atoms with van der Waals surface area (Å²) in [6.45, 7) is 10.0. The van der Waals surface area contributed by atoms with Crippen LogP contribution < -0.4 is 5.32 Å². The predicted molar refractivity (Wildman–Crippen MR) is 81.5 cm³/mol. The largest absolute Gasteiger partial charge is 0.374 e. The van der Waals surface area contributed by atoms with Gasteiger partial charge in [-0.3, -0.25) is 4.98 Å². The predicted octanol–water partition coefficient (Wildman–Crippen LogP) is 2.19. The lowest BCUT2D eigenvalue weighted by molar-refractivity contribution is 0.0970. The second-order valence-corrected chi connectivity index (χ2v) is 5.76. The Morgan fingerprint density at radius 2 is 2.00 bits per heavy atom. The highest BCUT2D eigenvalue weighted by Gasteiger charge is 2.10. The molecule has 0 aliphatic carbocycles. The number of ether oxygens (including phenoxy) is 1. The summed E-state index contributed by atoms with van der Waals surface area (Å²) in [5, 5.41) is 3.38. The van der Waals surface area contributed by atoms with E-state index in [1.165, 1.54) is 25.9 Å². The summed E-state index contributed by atoms with van der Waals surface area (Å²) < 4.78 is 5.74. The van der Waals surface area contributed by atoms with Crippen LogP contribution in [0, 0.1) is 0 Å². The second-order valence-electron chi connectivity index (χ2n) is 5.76. The summed E-state index contributed by atoms with van der Waals surface area (Å²) in [4.78, 5) is 7.08. The van der Waals surface area contributed by atoms with Gasteiger partial charge < -0.3 is 15.0 Å². The first-order valence-electron chi connectivity index (χ1n) is 7.72. The van der Waals surface area contributed by atoms with Gasteiger partial charge in [-0.2, -0.15) is 0 Å². The Kier molecular flexibility index (Phi) is 6.43. The van der Waals surface area contributed by atoms with Crippen LogP contribution >= 0.6 is 0 Å². The van der Waals surface area contributed by atoms with Crippen molar-refractivity contribution in [3.8, 4) is 0 Å². The van der Waals surface area contributed by atoms with Crippen molar-refractivity contribution in [1.82, 2.24) is 15.2 Å². The van der Waals surface area contributed by atoms with E-state index in [9.17, 15) is 0 Å². The third kappa shape index (κ3) is 5.57. The fourth-order valence-corrected chi connectivity index (χ4v) is 2.39. The molecule has 4 nitrogen and oxygen atoms in total. The number of nitrogens with zero attached hydrogens (tertiary/aromatic N) is 2. The Labute approximate surface area is 122 Å². The molecular weight excluding hydrogens is 250 g/mol. The first-order chi connectivity index (χ1) is 9.74. The van der Waals surface area contributed by atoms with Crippen LogP contribution in [0.3, 0.4) is 0 Å². The van der Waals surface area contributed by atoms with Gasteiger partial charge in [-0.25, -0.2) is 0 Å². The van der Waals surface area contributed by atoms with Crippen molar-refractivity contribution in [2.75, 3.05) is 26.2 Å². The van der Waals surface area contributed by atoms with E-state index in [0.29, 0.717) is 12.6 Å². The molecule has 2 heterocycles. The molecule has 20 heavy (non-hydrogen) atoms. The van der Waals surface area contributed by atoms with Gasteiger partial charge in [0.15, 0.2) is 0 Å². The number of hydrogen-bond donors (Lipinski definition) is 1. The van der Waals surface area contributed by atoms with Gasteiger partial charge >= 0.3 is 0 Å². The van der Waals surface area contributed by atoms with Gasteiger partial charge in [0.25, 0.3) is 0 Å². The van der Waals surface area contributed by atoms with Crippen LogP contribution in [0.5, 0.6) is 0 Å². The highest BCUT2D eigenvalue weighted by Crippen LogP contribution is 2.07. The minimum Gasteiger partial charge on any atom is -0.374 e. The summed E-state index contributed by atoms with van der Waals surface area (Å²) in [5.74, 6) is 0. The van der Waals surface area contributed by atoms with Crippen molar-refractivity contribution in [3.05, 3.63) is 29.6 Å². The highest BCUT2D eigenvalue weighted by atomic mass is 16.5. The molecule has 112 valence electrons. The van der Waals surface area contributed by atoms with Gasteiger partial charge in [0.2, 0.25) is 0 Å². The van der Waals surface area contributed by atoms with Crippen LogP contribution in [0.2, 0.25) is 0 Å². The van der Waals surface area contributed by atoms with Crippen LogP contribution in [-0.2, 0) is 17.9 Å². The van der Waals surface area contributed by atoms with E-state index in [4.69, 9.17) is 4.74 Å². The summed E-state index contributed by atoms with van der Waals surface area (Å²) in [7, 11) is 0. The van der Waals surface area contributed by atoms with E-state index in [1.54, 1.807) is 0 Å². The normalized spacial score (nSPS) is 16.1. The van der Waals surface area contributed by atoms with Gasteiger partial charge in [0.05, 0.1) is 24.6 Å². The van der Waals surface area contributed by atoms with Crippen LogP contribution in [0.25, 0.3) is 0 Å². The summed E-state index contributed by atoms with van der Waals surface area (Å²) >= 11 is 0. The molecular formula is C16H27N3O. The molecule has 0 bridgehead atoms. The smallest absolute Gasteiger partial charge is 0.0888 e. The molecule has 0 spiro atoms. The molecule has 1 aliphatic rings. The van der Waals surface area contributed by atoms with Gasteiger partial charge in [0, 0.05) is 19.1 Å². The molecule has 0 amide bonds. The molecule has 4 heteroatoms. The number of nitrogens with one attached hydrogen (secondary N) is 1. The Hall–Kier alpha value is -0.970.